The van der Waals surface area contributed by atoms with E-state index >= 15 is 0 Å². The molecule has 0 spiro atoms. The van der Waals surface area contributed by atoms with E-state index in [1.54, 1.807) is 6.20 Å². The monoisotopic (exact) mass is 245 g/mol. The van der Waals surface area contributed by atoms with Gasteiger partial charge in [0.05, 0.1) is 23.3 Å². The zero-order valence-corrected chi connectivity index (χ0v) is 10.8. The molecule has 0 aliphatic rings. The average molecular weight is 245 g/mol. The molecule has 2 aromatic rings. The highest BCUT2D eigenvalue weighted by Gasteiger charge is 2.21. The third-order valence-electron chi connectivity index (χ3n) is 3.37. The third kappa shape index (κ3) is 2.24. The number of hydrogen-bond donors (Lipinski definition) is 3. The molecule has 1 aromatic heterocycles. The lowest BCUT2D eigenvalue weighted by Gasteiger charge is -2.29. The van der Waals surface area contributed by atoms with Gasteiger partial charge in [0.25, 0.3) is 0 Å². The molecule has 4 nitrogen and oxygen atoms in total. The first-order chi connectivity index (χ1) is 8.59. The number of hydrogen-bond acceptors (Lipinski definition) is 4. The molecule has 0 radical (unpaired) electrons. The highest BCUT2D eigenvalue weighted by atomic mass is 16.3. The number of nitrogens with zero attached hydrogens (tertiary/aromatic N) is 1. The van der Waals surface area contributed by atoms with Gasteiger partial charge in [0.2, 0.25) is 0 Å². The Kier molecular flexibility index (Phi) is 3.39. The quantitative estimate of drug-likeness (QED) is 0.723. The molecule has 0 aliphatic heterocycles. The molecule has 96 valence electrons. The molecule has 1 aromatic carbocycles. The molecule has 0 amide bonds. The Hall–Kier alpha value is -1.81. The van der Waals surface area contributed by atoms with Gasteiger partial charge in [-0.15, -0.1) is 0 Å². The Morgan fingerprint density at radius 3 is 2.83 bits per heavy atom. The van der Waals surface area contributed by atoms with E-state index in [0.29, 0.717) is 5.69 Å². The largest absolute Gasteiger partial charge is 0.397 e. The molecule has 0 saturated carbocycles. The van der Waals surface area contributed by atoms with Crippen molar-refractivity contribution in [1.82, 2.24) is 4.98 Å². The van der Waals surface area contributed by atoms with Crippen molar-refractivity contribution in [2.45, 2.75) is 25.8 Å². The Balaban J connectivity index is 2.49. The van der Waals surface area contributed by atoms with Gasteiger partial charge in [-0.1, -0.05) is 6.92 Å². The minimum Gasteiger partial charge on any atom is -0.397 e. The number of aliphatic hydroxyl groups is 1. The topological polar surface area (TPSA) is 71.2 Å². The molecule has 0 bridgehead atoms. The molecule has 1 heterocycles. The van der Waals surface area contributed by atoms with Crippen molar-refractivity contribution >= 4 is 22.3 Å². The van der Waals surface area contributed by atoms with E-state index < -0.39 is 0 Å². The molecule has 1 unspecified atom stereocenters. The number of fused-ring (bicyclic) bond motifs is 1. The van der Waals surface area contributed by atoms with Crippen LogP contribution in [0.4, 0.5) is 11.4 Å². The molecule has 0 aliphatic carbocycles. The van der Waals surface area contributed by atoms with Crippen LogP contribution in [0.25, 0.3) is 10.9 Å². The summed E-state index contributed by atoms with van der Waals surface area (Å²) in [6.07, 6.45) is 2.56. The number of rotatable bonds is 4. The highest BCUT2D eigenvalue weighted by Crippen LogP contribution is 2.29. The lowest BCUT2D eigenvalue weighted by molar-refractivity contribution is 0.219. The summed E-state index contributed by atoms with van der Waals surface area (Å²) in [5.74, 6) is 0. The maximum absolute atomic E-state index is 9.47. The molecule has 18 heavy (non-hydrogen) atoms. The molecule has 4 N–H and O–H groups in total. The smallest absolute Gasteiger partial charge is 0.0951 e. The molecule has 2 rings (SSSR count). The third-order valence-corrected chi connectivity index (χ3v) is 3.37. The van der Waals surface area contributed by atoms with E-state index in [1.165, 1.54) is 0 Å². The van der Waals surface area contributed by atoms with E-state index in [1.807, 2.05) is 38.1 Å². The number of aromatic nitrogens is 1. The first-order valence-corrected chi connectivity index (χ1v) is 6.12. The summed E-state index contributed by atoms with van der Waals surface area (Å²) in [7, 11) is 0. The van der Waals surface area contributed by atoms with E-state index in [4.69, 9.17) is 5.73 Å². The highest BCUT2D eigenvalue weighted by molar-refractivity contribution is 5.98. The molecule has 0 fully saturated rings. The first-order valence-electron chi connectivity index (χ1n) is 6.12. The predicted molar refractivity (Wildman–Crippen MR) is 75.6 cm³/mol. The SMILES string of the molecule is CCC(C)(CO)Nc1ccc(N)c2ncccc12. The Labute approximate surface area is 107 Å². The van der Waals surface area contributed by atoms with Crippen LogP contribution in [0.15, 0.2) is 30.5 Å². The average Bonchev–Trinajstić information content (AvgIpc) is 2.42. The number of benzene rings is 1. The molecular weight excluding hydrogens is 226 g/mol. The second kappa shape index (κ2) is 4.82. The van der Waals surface area contributed by atoms with Crippen molar-refractivity contribution < 1.29 is 5.11 Å². The minimum atomic E-state index is -0.334. The molecular formula is C14H19N3O. The first kappa shape index (κ1) is 12.6. The Morgan fingerprint density at radius 2 is 2.17 bits per heavy atom. The molecule has 0 saturated heterocycles. The fourth-order valence-corrected chi connectivity index (χ4v) is 1.87. The molecule has 1 atom stereocenters. The summed E-state index contributed by atoms with van der Waals surface area (Å²) in [5.41, 5.74) is 7.99. The van der Waals surface area contributed by atoms with Crippen LogP contribution < -0.4 is 11.1 Å². The van der Waals surface area contributed by atoms with E-state index in [-0.39, 0.29) is 12.1 Å². The van der Waals surface area contributed by atoms with Gasteiger partial charge in [-0.05, 0) is 37.6 Å². The van der Waals surface area contributed by atoms with Gasteiger partial charge in [-0.25, -0.2) is 0 Å². The second-order valence-electron chi connectivity index (χ2n) is 4.80. The van der Waals surface area contributed by atoms with Crippen LogP contribution >= 0.6 is 0 Å². The van der Waals surface area contributed by atoms with Crippen molar-refractivity contribution in [3.05, 3.63) is 30.5 Å². The number of anilines is 2. The van der Waals surface area contributed by atoms with Crippen LogP contribution in [0.1, 0.15) is 20.3 Å². The van der Waals surface area contributed by atoms with Gasteiger partial charge in [0, 0.05) is 17.3 Å². The van der Waals surface area contributed by atoms with Gasteiger partial charge < -0.3 is 16.2 Å². The van der Waals surface area contributed by atoms with Crippen LogP contribution in [0.5, 0.6) is 0 Å². The number of nitrogen functional groups attached to an aromatic ring is 1. The van der Waals surface area contributed by atoms with E-state index in [2.05, 4.69) is 10.3 Å². The Morgan fingerprint density at radius 1 is 1.39 bits per heavy atom. The number of aliphatic hydroxyl groups excluding tert-OH is 1. The van der Waals surface area contributed by atoms with Gasteiger partial charge in [-0.2, -0.15) is 0 Å². The lowest BCUT2D eigenvalue weighted by Crippen LogP contribution is -2.38. The van der Waals surface area contributed by atoms with Gasteiger partial charge in [-0.3, -0.25) is 4.98 Å². The zero-order chi connectivity index (χ0) is 13.2. The van der Waals surface area contributed by atoms with Crippen molar-refractivity contribution in [3.8, 4) is 0 Å². The zero-order valence-electron chi connectivity index (χ0n) is 10.8. The van der Waals surface area contributed by atoms with E-state index in [9.17, 15) is 5.11 Å². The summed E-state index contributed by atoms with van der Waals surface area (Å²) in [5, 5.41) is 13.8. The summed E-state index contributed by atoms with van der Waals surface area (Å²) in [6, 6.07) is 7.64. The van der Waals surface area contributed by atoms with Gasteiger partial charge >= 0.3 is 0 Å². The maximum Gasteiger partial charge on any atom is 0.0951 e. The van der Waals surface area contributed by atoms with Crippen LogP contribution in [0, 0.1) is 0 Å². The number of pyridine rings is 1. The van der Waals surface area contributed by atoms with E-state index in [0.717, 1.165) is 23.0 Å². The van der Waals surface area contributed by atoms with Crippen molar-refractivity contribution in [2.24, 2.45) is 0 Å². The minimum absolute atomic E-state index is 0.0790. The normalized spacial score (nSPS) is 14.4. The fraction of sp³-hybridized carbons (Fsp3) is 0.357. The lowest BCUT2D eigenvalue weighted by atomic mass is 9.99. The summed E-state index contributed by atoms with van der Waals surface area (Å²) in [6.45, 7) is 4.11. The second-order valence-corrected chi connectivity index (χ2v) is 4.80. The standard InChI is InChI=1S/C14H19N3O/c1-3-14(2,9-18)17-12-7-6-11(15)13-10(12)5-4-8-16-13/h4-8,17-18H,3,9,15H2,1-2H3. The van der Waals surface area contributed by atoms with Crippen LogP contribution in [-0.4, -0.2) is 22.2 Å². The molecule has 4 heteroatoms. The Bertz CT molecular complexity index is 550. The van der Waals surface area contributed by atoms with Crippen LogP contribution in [0.3, 0.4) is 0 Å². The number of nitrogens with two attached hydrogens (primary N) is 1. The predicted octanol–water partition coefficient (Wildman–Crippen LogP) is 2.39. The fourth-order valence-electron chi connectivity index (χ4n) is 1.87. The maximum atomic E-state index is 9.47. The van der Waals surface area contributed by atoms with Crippen molar-refractivity contribution in [3.63, 3.8) is 0 Å². The van der Waals surface area contributed by atoms with Crippen molar-refractivity contribution in [1.29, 1.82) is 0 Å². The van der Waals surface area contributed by atoms with Crippen molar-refractivity contribution in [2.75, 3.05) is 17.7 Å². The summed E-state index contributed by atoms with van der Waals surface area (Å²) in [4.78, 5) is 4.30. The number of nitrogens with one attached hydrogen (secondary N) is 1. The van der Waals surface area contributed by atoms with Gasteiger partial charge in [0.1, 0.15) is 0 Å². The van der Waals surface area contributed by atoms with Crippen LogP contribution in [-0.2, 0) is 0 Å². The van der Waals surface area contributed by atoms with Gasteiger partial charge in [0.15, 0.2) is 0 Å². The summed E-state index contributed by atoms with van der Waals surface area (Å²) < 4.78 is 0. The summed E-state index contributed by atoms with van der Waals surface area (Å²) >= 11 is 0. The van der Waals surface area contributed by atoms with Crippen LogP contribution in [0.2, 0.25) is 0 Å².